The summed E-state index contributed by atoms with van der Waals surface area (Å²) in [5, 5.41) is 11.6. The lowest BCUT2D eigenvalue weighted by atomic mass is 9.94. The van der Waals surface area contributed by atoms with Crippen LogP contribution in [0.5, 0.6) is 17.2 Å². The number of Topliss-reactive ketones (excluding diaryl/α,β-unsaturated/α-hetero) is 1. The van der Waals surface area contributed by atoms with Gasteiger partial charge < -0.3 is 19.3 Å². The number of methoxy groups -OCH3 is 1. The van der Waals surface area contributed by atoms with E-state index in [2.05, 4.69) is 0 Å². The number of carbonyl (C=O) groups is 2. The molecule has 0 aromatic heterocycles. The number of ether oxygens (including phenoxy) is 3. The second-order valence-electron chi connectivity index (χ2n) is 8.69. The van der Waals surface area contributed by atoms with E-state index >= 15 is 0 Å². The summed E-state index contributed by atoms with van der Waals surface area (Å²) in [7, 11) is 1.55. The SMILES string of the molecule is CCOc1ccc(/C(O)=C2\C(=O)C(=O)N(c3cccc(C)c3C)C2c2cccc(OC)c2)c(OCC)c1. The Kier molecular flexibility index (Phi) is 7.53. The summed E-state index contributed by atoms with van der Waals surface area (Å²) in [6, 6.07) is 16.9. The molecular weight excluding hydrogens is 470 g/mol. The highest BCUT2D eigenvalue weighted by molar-refractivity contribution is 6.51. The number of hydrogen-bond acceptors (Lipinski definition) is 6. The number of carbonyl (C=O) groups excluding carboxylic acids is 2. The number of amides is 1. The molecule has 0 spiro atoms. The third-order valence-corrected chi connectivity index (χ3v) is 6.51. The Morgan fingerprint density at radius 3 is 2.35 bits per heavy atom. The first-order valence-electron chi connectivity index (χ1n) is 12.2. The molecule has 3 aromatic rings. The Labute approximate surface area is 216 Å². The first-order valence-corrected chi connectivity index (χ1v) is 12.2. The van der Waals surface area contributed by atoms with Crippen LogP contribution < -0.4 is 19.1 Å². The monoisotopic (exact) mass is 501 g/mol. The highest BCUT2D eigenvalue weighted by Crippen LogP contribution is 2.45. The molecule has 1 fully saturated rings. The molecular formula is C30H31NO6. The normalized spacial score (nSPS) is 16.7. The van der Waals surface area contributed by atoms with Crippen LogP contribution >= 0.6 is 0 Å². The molecule has 1 atom stereocenters. The van der Waals surface area contributed by atoms with Crippen molar-refractivity contribution in [2.45, 2.75) is 33.7 Å². The molecule has 0 saturated carbocycles. The van der Waals surface area contributed by atoms with E-state index in [0.29, 0.717) is 47.3 Å². The van der Waals surface area contributed by atoms with Crippen LogP contribution in [0.1, 0.15) is 42.1 Å². The molecule has 7 nitrogen and oxygen atoms in total. The van der Waals surface area contributed by atoms with E-state index in [4.69, 9.17) is 14.2 Å². The summed E-state index contributed by atoms with van der Waals surface area (Å²) < 4.78 is 16.8. The van der Waals surface area contributed by atoms with E-state index < -0.39 is 17.7 Å². The van der Waals surface area contributed by atoms with Crippen molar-refractivity contribution >= 4 is 23.1 Å². The maximum absolute atomic E-state index is 13.6. The molecule has 1 N–H and O–H groups in total. The van der Waals surface area contributed by atoms with Crippen molar-refractivity contribution in [3.8, 4) is 17.2 Å². The van der Waals surface area contributed by atoms with Crippen molar-refractivity contribution < 1.29 is 28.9 Å². The van der Waals surface area contributed by atoms with Crippen LogP contribution in [0, 0.1) is 13.8 Å². The molecule has 0 radical (unpaired) electrons. The minimum absolute atomic E-state index is 0.0238. The molecule has 4 rings (SSSR count). The van der Waals surface area contributed by atoms with Crippen LogP contribution in [-0.4, -0.2) is 37.1 Å². The van der Waals surface area contributed by atoms with E-state index in [1.54, 1.807) is 43.5 Å². The van der Waals surface area contributed by atoms with E-state index in [1.807, 2.05) is 52.0 Å². The van der Waals surface area contributed by atoms with E-state index in [9.17, 15) is 14.7 Å². The lowest BCUT2D eigenvalue weighted by molar-refractivity contribution is -0.132. The fraction of sp³-hybridized carbons (Fsp3) is 0.267. The first-order chi connectivity index (χ1) is 17.8. The molecule has 1 unspecified atom stereocenters. The highest BCUT2D eigenvalue weighted by Gasteiger charge is 2.47. The second kappa shape index (κ2) is 10.8. The molecule has 37 heavy (non-hydrogen) atoms. The third kappa shape index (κ3) is 4.77. The average Bonchev–Trinajstić information content (AvgIpc) is 3.16. The fourth-order valence-electron chi connectivity index (χ4n) is 4.58. The van der Waals surface area contributed by atoms with Gasteiger partial charge in [-0.3, -0.25) is 14.5 Å². The van der Waals surface area contributed by atoms with Crippen molar-refractivity contribution in [2.75, 3.05) is 25.2 Å². The van der Waals surface area contributed by atoms with Gasteiger partial charge in [0.05, 0.1) is 37.5 Å². The minimum Gasteiger partial charge on any atom is -0.507 e. The summed E-state index contributed by atoms with van der Waals surface area (Å²) in [5.74, 6) is -0.309. The number of aryl methyl sites for hydroxylation is 1. The maximum Gasteiger partial charge on any atom is 0.300 e. The van der Waals surface area contributed by atoms with Crippen LogP contribution in [0.3, 0.4) is 0 Å². The lowest BCUT2D eigenvalue weighted by Crippen LogP contribution is -2.30. The Morgan fingerprint density at radius 1 is 0.919 bits per heavy atom. The zero-order valence-corrected chi connectivity index (χ0v) is 21.7. The Morgan fingerprint density at radius 2 is 1.65 bits per heavy atom. The van der Waals surface area contributed by atoms with Crippen molar-refractivity contribution in [3.63, 3.8) is 0 Å². The average molecular weight is 502 g/mol. The second-order valence-corrected chi connectivity index (χ2v) is 8.69. The summed E-state index contributed by atoms with van der Waals surface area (Å²) in [6.45, 7) is 8.36. The number of aliphatic hydroxyl groups excluding tert-OH is 1. The Balaban J connectivity index is 1.99. The highest BCUT2D eigenvalue weighted by atomic mass is 16.5. The zero-order valence-electron chi connectivity index (χ0n) is 21.7. The molecule has 7 heteroatoms. The quantitative estimate of drug-likeness (QED) is 0.241. The van der Waals surface area contributed by atoms with Gasteiger partial charge in [0.15, 0.2) is 0 Å². The van der Waals surface area contributed by atoms with E-state index in [-0.39, 0.29) is 11.3 Å². The van der Waals surface area contributed by atoms with Crippen LogP contribution in [0.25, 0.3) is 5.76 Å². The smallest absolute Gasteiger partial charge is 0.300 e. The number of ketones is 1. The molecule has 3 aromatic carbocycles. The number of benzene rings is 3. The van der Waals surface area contributed by atoms with Crippen LogP contribution in [0.2, 0.25) is 0 Å². The van der Waals surface area contributed by atoms with Gasteiger partial charge in [0.1, 0.15) is 23.0 Å². The zero-order chi connectivity index (χ0) is 26.7. The van der Waals surface area contributed by atoms with Gasteiger partial charge >= 0.3 is 0 Å². The molecule has 1 aliphatic rings. The largest absolute Gasteiger partial charge is 0.507 e. The van der Waals surface area contributed by atoms with Crippen molar-refractivity contribution in [3.05, 3.63) is 88.5 Å². The Hall–Kier alpha value is -4.26. The Bertz CT molecular complexity index is 1380. The first kappa shape index (κ1) is 25.8. The van der Waals surface area contributed by atoms with Crippen molar-refractivity contribution in [2.24, 2.45) is 0 Å². The van der Waals surface area contributed by atoms with Crippen molar-refractivity contribution in [1.82, 2.24) is 0 Å². The molecule has 0 bridgehead atoms. The summed E-state index contributed by atoms with van der Waals surface area (Å²) in [4.78, 5) is 28.6. The van der Waals surface area contributed by atoms with Gasteiger partial charge in [0, 0.05) is 11.8 Å². The van der Waals surface area contributed by atoms with Crippen LogP contribution in [-0.2, 0) is 9.59 Å². The lowest BCUT2D eigenvalue weighted by Gasteiger charge is -2.27. The maximum atomic E-state index is 13.6. The molecule has 1 saturated heterocycles. The van der Waals surface area contributed by atoms with Gasteiger partial charge in [-0.05, 0) is 74.7 Å². The fourth-order valence-corrected chi connectivity index (χ4v) is 4.58. The van der Waals surface area contributed by atoms with Crippen molar-refractivity contribution in [1.29, 1.82) is 0 Å². The number of nitrogens with zero attached hydrogens (tertiary/aromatic N) is 1. The van der Waals surface area contributed by atoms with Gasteiger partial charge in [-0.25, -0.2) is 0 Å². The molecule has 1 amide bonds. The molecule has 0 aliphatic carbocycles. The van der Waals surface area contributed by atoms with Crippen LogP contribution in [0.15, 0.2) is 66.2 Å². The number of hydrogen-bond donors (Lipinski definition) is 1. The van der Waals surface area contributed by atoms with Gasteiger partial charge in [0.2, 0.25) is 0 Å². The van der Waals surface area contributed by atoms with Gasteiger partial charge in [0.25, 0.3) is 11.7 Å². The molecule has 1 heterocycles. The summed E-state index contributed by atoms with van der Waals surface area (Å²) in [6.07, 6.45) is 0. The van der Waals surface area contributed by atoms with E-state index in [1.165, 1.54) is 4.90 Å². The minimum atomic E-state index is -0.878. The van der Waals surface area contributed by atoms with Gasteiger partial charge in [-0.1, -0.05) is 24.3 Å². The molecule has 1 aliphatic heterocycles. The summed E-state index contributed by atoms with van der Waals surface area (Å²) >= 11 is 0. The predicted octanol–water partition coefficient (Wildman–Crippen LogP) is 5.74. The van der Waals surface area contributed by atoms with Gasteiger partial charge in [-0.2, -0.15) is 0 Å². The number of aliphatic hydroxyl groups is 1. The number of anilines is 1. The third-order valence-electron chi connectivity index (χ3n) is 6.51. The summed E-state index contributed by atoms with van der Waals surface area (Å²) in [5.41, 5.74) is 3.36. The van der Waals surface area contributed by atoms with Gasteiger partial charge in [-0.15, -0.1) is 0 Å². The molecule has 192 valence electrons. The topological polar surface area (TPSA) is 85.3 Å². The van der Waals surface area contributed by atoms with Crippen LogP contribution in [0.4, 0.5) is 5.69 Å². The predicted molar refractivity (Wildman–Crippen MR) is 142 cm³/mol. The number of rotatable bonds is 8. The standard InChI is InChI=1S/C30H31NO6/c1-6-36-22-14-15-23(25(17-22)37-7-2)28(32)26-27(20-11-9-12-21(16-20)35-5)31(30(34)29(26)33)24-13-8-10-18(3)19(24)4/h8-17,27,32H,6-7H2,1-5H3/b28-26+. The van der Waals surface area contributed by atoms with E-state index in [0.717, 1.165) is 11.1 Å².